The van der Waals surface area contributed by atoms with E-state index in [0.717, 1.165) is 36.4 Å². The fourth-order valence-electron chi connectivity index (χ4n) is 3.96. The Balaban J connectivity index is 1.46. The molecule has 3 aromatic rings. The Kier molecular flexibility index (Phi) is 6.69. The number of hydrogen-bond donors (Lipinski definition) is 1. The van der Waals surface area contributed by atoms with E-state index in [1.165, 1.54) is 5.56 Å². The van der Waals surface area contributed by atoms with Gasteiger partial charge in [0.1, 0.15) is 5.75 Å². The lowest BCUT2D eigenvalue weighted by Gasteiger charge is -2.33. The van der Waals surface area contributed by atoms with Crippen molar-refractivity contribution in [3.05, 3.63) is 72.1 Å². The summed E-state index contributed by atoms with van der Waals surface area (Å²) in [5.41, 5.74) is 3.12. The van der Waals surface area contributed by atoms with Gasteiger partial charge in [0.25, 0.3) is 5.88 Å². The molecule has 2 heterocycles. The van der Waals surface area contributed by atoms with Crippen molar-refractivity contribution in [2.75, 3.05) is 23.3 Å². The Hall–Kier alpha value is -3.41. The molecule has 0 aliphatic carbocycles. The summed E-state index contributed by atoms with van der Waals surface area (Å²) in [5.74, 6) is 2.28. The maximum absolute atomic E-state index is 13.0. The largest absolute Gasteiger partial charge is 0.436 e. The van der Waals surface area contributed by atoms with Gasteiger partial charge >= 0.3 is 0 Å². The fraction of sp³-hybridized carbons (Fsp3) is 0.346. The summed E-state index contributed by atoms with van der Waals surface area (Å²) in [5, 5.41) is 3.08. The average molecular weight is 431 g/mol. The first-order chi connectivity index (χ1) is 15.5. The van der Waals surface area contributed by atoms with Crippen LogP contribution in [0.1, 0.15) is 43.7 Å². The van der Waals surface area contributed by atoms with Crippen molar-refractivity contribution in [3.8, 4) is 11.6 Å². The molecule has 1 atom stereocenters. The summed E-state index contributed by atoms with van der Waals surface area (Å²) in [6.45, 7) is 7.72. The van der Waals surface area contributed by atoms with E-state index in [0.29, 0.717) is 24.2 Å². The number of rotatable bonds is 6. The molecule has 0 bridgehead atoms. The van der Waals surface area contributed by atoms with Gasteiger partial charge in [-0.3, -0.25) is 4.79 Å². The normalized spacial score (nSPS) is 16.1. The van der Waals surface area contributed by atoms with Crippen molar-refractivity contribution in [1.82, 2.24) is 9.97 Å². The molecule has 32 heavy (non-hydrogen) atoms. The Morgan fingerprint density at radius 3 is 2.59 bits per heavy atom. The van der Waals surface area contributed by atoms with Gasteiger partial charge in [0.15, 0.2) is 5.82 Å². The quantitative estimate of drug-likeness (QED) is 0.555. The van der Waals surface area contributed by atoms with Gasteiger partial charge in [0.05, 0.1) is 5.92 Å². The SMILES string of the molecule is Cc1ccccc1Oc1nccnc1N1CCCC(C(=O)Nc2ccc(C(C)C)cc2)C1. The van der Waals surface area contributed by atoms with Crippen molar-refractivity contribution in [2.45, 2.75) is 39.5 Å². The second-order valence-electron chi connectivity index (χ2n) is 8.60. The number of benzene rings is 2. The fourth-order valence-corrected chi connectivity index (χ4v) is 3.96. The molecule has 166 valence electrons. The highest BCUT2D eigenvalue weighted by atomic mass is 16.5. The van der Waals surface area contributed by atoms with E-state index in [1.54, 1.807) is 12.4 Å². The first-order valence-corrected chi connectivity index (χ1v) is 11.2. The van der Waals surface area contributed by atoms with Gasteiger partial charge in [0.2, 0.25) is 5.91 Å². The second-order valence-corrected chi connectivity index (χ2v) is 8.60. The van der Waals surface area contributed by atoms with Crippen LogP contribution in [0.4, 0.5) is 11.5 Å². The lowest BCUT2D eigenvalue weighted by Crippen LogP contribution is -2.41. The number of para-hydroxylation sites is 1. The van der Waals surface area contributed by atoms with E-state index < -0.39 is 0 Å². The molecule has 1 aliphatic heterocycles. The number of anilines is 2. The number of aromatic nitrogens is 2. The summed E-state index contributed by atoms with van der Waals surface area (Å²) in [6, 6.07) is 15.9. The van der Waals surface area contributed by atoms with E-state index in [1.807, 2.05) is 43.3 Å². The van der Waals surface area contributed by atoms with Gasteiger partial charge in [-0.25, -0.2) is 9.97 Å². The molecule has 6 heteroatoms. The van der Waals surface area contributed by atoms with Crippen molar-refractivity contribution in [3.63, 3.8) is 0 Å². The third kappa shape index (κ3) is 5.07. The standard InChI is InChI=1S/C26H30N4O2/c1-18(2)20-10-12-22(13-11-20)29-25(31)21-8-6-16-30(17-21)24-26(28-15-14-27-24)32-23-9-5-4-7-19(23)3/h4-5,7,9-15,18,21H,6,8,16-17H2,1-3H3,(H,29,31). The minimum absolute atomic E-state index is 0.0391. The van der Waals surface area contributed by atoms with Crippen LogP contribution < -0.4 is 15.0 Å². The Bertz CT molecular complexity index is 1070. The van der Waals surface area contributed by atoms with Crippen molar-refractivity contribution in [2.24, 2.45) is 5.92 Å². The number of piperidine rings is 1. The van der Waals surface area contributed by atoms with E-state index >= 15 is 0 Å². The van der Waals surface area contributed by atoms with Gasteiger partial charge in [0, 0.05) is 31.2 Å². The van der Waals surface area contributed by atoms with Crippen LogP contribution >= 0.6 is 0 Å². The van der Waals surface area contributed by atoms with Crippen molar-refractivity contribution >= 4 is 17.4 Å². The Morgan fingerprint density at radius 1 is 1.09 bits per heavy atom. The number of aryl methyl sites for hydroxylation is 1. The van der Waals surface area contributed by atoms with Crippen LogP contribution in [-0.2, 0) is 4.79 Å². The van der Waals surface area contributed by atoms with Gasteiger partial charge in [-0.1, -0.05) is 44.2 Å². The zero-order chi connectivity index (χ0) is 22.5. The molecule has 1 saturated heterocycles. The Morgan fingerprint density at radius 2 is 1.84 bits per heavy atom. The molecule has 1 fully saturated rings. The molecule has 2 aromatic carbocycles. The molecule has 1 N–H and O–H groups in total. The number of amides is 1. The number of carbonyl (C=O) groups is 1. The minimum atomic E-state index is -0.123. The molecular formula is C26H30N4O2. The molecule has 1 amide bonds. The summed E-state index contributed by atoms with van der Waals surface area (Å²) in [7, 11) is 0. The van der Waals surface area contributed by atoms with E-state index in [9.17, 15) is 4.79 Å². The first kappa shape index (κ1) is 21.8. The van der Waals surface area contributed by atoms with Gasteiger partial charge in [-0.05, 0) is 55.0 Å². The van der Waals surface area contributed by atoms with Gasteiger partial charge in [-0.2, -0.15) is 0 Å². The highest BCUT2D eigenvalue weighted by molar-refractivity contribution is 5.93. The van der Waals surface area contributed by atoms with Crippen LogP contribution in [-0.4, -0.2) is 29.0 Å². The zero-order valence-electron chi connectivity index (χ0n) is 18.9. The molecule has 4 rings (SSSR count). The summed E-state index contributed by atoms with van der Waals surface area (Å²) in [6.07, 6.45) is 5.05. The minimum Gasteiger partial charge on any atom is -0.436 e. The highest BCUT2D eigenvalue weighted by Crippen LogP contribution is 2.32. The molecule has 0 spiro atoms. The van der Waals surface area contributed by atoms with Crippen LogP contribution in [0.25, 0.3) is 0 Å². The molecule has 1 aliphatic rings. The number of nitrogens with one attached hydrogen (secondary N) is 1. The smallest absolute Gasteiger partial charge is 0.263 e. The summed E-state index contributed by atoms with van der Waals surface area (Å²) < 4.78 is 6.10. The van der Waals surface area contributed by atoms with Crippen LogP contribution in [0, 0.1) is 12.8 Å². The van der Waals surface area contributed by atoms with E-state index in [-0.39, 0.29) is 11.8 Å². The van der Waals surface area contributed by atoms with Crippen LogP contribution in [0.15, 0.2) is 60.9 Å². The predicted molar refractivity (Wildman–Crippen MR) is 127 cm³/mol. The monoisotopic (exact) mass is 430 g/mol. The topological polar surface area (TPSA) is 67.4 Å². The Labute approximate surface area is 189 Å². The molecule has 0 saturated carbocycles. The van der Waals surface area contributed by atoms with Crippen LogP contribution in [0.3, 0.4) is 0 Å². The van der Waals surface area contributed by atoms with Gasteiger partial charge < -0.3 is 15.0 Å². The maximum Gasteiger partial charge on any atom is 0.263 e. The number of nitrogens with zero attached hydrogens (tertiary/aromatic N) is 3. The predicted octanol–water partition coefficient (Wildman–Crippen LogP) is 5.56. The second kappa shape index (κ2) is 9.81. The van der Waals surface area contributed by atoms with Crippen LogP contribution in [0.2, 0.25) is 0 Å². The summed E-state index contributed by atoms with van der Waals surface area (Å²) in [4.78, 5) is 24.0. The average Bonchev–Trinajstić information content (AvgIpc) is 2.81. The number of hydrogen-bond acceptors (Lipinski definition) is 5. The zero-order valence-corrected chi connectivity index (χ0v) is 18.9. The van der Waals surface area contributed by atoms with Gasteiger partial charge in [-0.15, -0.1) is 0 Å². The maximum atomic E-state index is 13.0. The van der Waals surface area contributed by atoms with Crippen molar-refractivity contribution < 1.29 is 9.53 Å². The molecule has 1 aromatic heterocycles. The lowest BCUT2D eigenvalue weighted by atomic mass is 9.97. The highest BCUT2D eigenvalue weighted by Gasteiger charge is 2.28. The third-order valence-electron chi connectivity index (χ3n) is 5.88. The first-order valence-electron chi connectivity index (χ1n) is 11.2. The number of carbonyl (C=O) groups excluding carboxylic acids is 1. The lowest BCUT2D eigenvalue weighted by molar-refractivity contribution is -0.120. The summed E-state index contributed by atoms with van der Waals surface area (Å²) >= 11 is 0. The number of ether oxygens (including phenoxy) is 1. The van der Waals surface area contributed by atoms with E-state index in [2.05, 4.69) is 46.2 Å². The van der Waals surface area contributed by atoms with Crippen molar-refractivity contribution in [1.29, 1.82) is 0 Å². The molecule has 1 unspecified atom stereocenters. The third-order valence-corrected chi connectivity index (χ3v) is 5.88. The van der Waals surface area contributed by atoms with Crippen LogP contribution in [0.5, 0.6) is 11.6 Å². The molecular weight excluding hydrogens is 400 g/mol. The van der Waals surface area contributed by atoms with E-state index in [4.69, 9.17) is 4.74 Å². The molecule has 0 radical (unpaired) electrons. The molecule has 6 nitrogen and oxygen atoms in total.